The van der Waals surface area contributed by atoms with Crippen molar-refractivity contribution in [3.05, 3.63) is 0 Å². The van der Waals surface area contributed by atoms with Crippen molar-refractivity contribution in [3.63, 3.8) is 0 Å². The van der Waals surface area contributed by atoms with Crippen LogP contribution in [0.15, 0.2) is 0 Å². The summed E-state index contributed by atoms with van der Waals surface area (Å²) < 4.78 is 0. The summed E-state index contributed by atoms with van der Waals surface area (Å²) in [5.41, 5.74) is 0. The Morgan fingerprint density at radius 2 is 1.94 bits per heavy atom. The largest absolute Gasteiger partial charge is 0.393 e. The summed E-state index contributed by atoms with van der Waals surface area (Å²) in [4.78, 5) is 0. The van der Waals surface area contributed by atoms with Crippen LogP contribution in [-0.2, 0) is 0 Å². The molecule has 0 aliphatic heterocycles. The van der Waals surface area contributed by atoms with Crippen LogP contribution in [0.2, 0.25) is 0 Å². The first kappa shape index (κ1) is 13.0. The minimum Gasteiger partial charge on any atom is -0.393 e. The van der Waals surface area contributed by atoms with Gasteiger partial charge in [-0.25, -0.2) is 0 Å². The van der Waals surface area contributed by atoms with E-state index in [0.717, 1.165) is 30.1 Å². The van der Waals surface area contributed by atoms with Gasteiger partial charge in [-0.1, -0.05) is 32.6 Å². The van der Waals surface area contributed by atoms with Gasteiger partial charge in [0.2, 0.25) is 0 Å². The van der Waals surface area contributed by atoms with E-state index < -0.39 is 0 Å². The Bertz CT molecular complexity index is 275. The van der Waals surface area contributed by atoms with Crippen LogP contribution in [0.5, 0.6) is 0 Å². The molecule has 0 radical (unpaired) electrons. The molecule has 0 aromatic rings. The van der Waals surface area contributed by atoms with E-state index >= 15 is 0 Å². The summed E-state index contributed by atoms with van der Waals surface area (Å²) in [5.74, 6) is 4.42. The lowest BCUT2D eigenvalue weighted by atomic mass is 9.74. The lowest BCUT2D eigenvalue weighted by Crippen LogP contribution is -2.29. The fourth-order valence-electron chi connectivity index (χ4n) is 5.22. The Hall–Kier alpha value is -0.0400. The Morgan fingerprint density at radius 3 is 2.61 bits per heavy atom. The molecule has 3 aliphatic rings. The van der Waals surface area contributed by atoms with Gasteiger partial charge in [-0.2, -0.15) is 0 Å². The van der Waals surface area contributed by atoms with Crippen molar-refractivity contribution in [1.29, 1.82) is 0 Å². The first-order valence-electron chi connectivity index (χ1n) is 8.44. The van der Waals surface area contributed by atoms with E-state index in [9.17, 15) is 5.11 Å². The number of fused-ring (bicyclic) bond motifs is 2. The molecule has 3 fully saturated rings. The maximum absolute atomic E-state index is 10.6. The third kappa shape index (κ3) is 2.61. The van der Waals surface area contributed by atoms with Crippen LogP contribution < -0.4 is 0 Å². The first-order chi connectivity index (χ1) is 8.76. The quantitative estimate of drug-likeness (QED) is 0.784. The summed E-state index contributed by atoms with van der Waals surface area (Å²) in [6.45, 7) is 2.31. The molecule has 0 saturated heterocycles. The van der Waals surface area contributed by atoms with Gasteiger partial charge in [0.15, 0.2) is 0 Å². The summed E-state index contributed by atoms with van der Waals surface area (Å²) in [6, 6.07) is 0. The molecular formula is C17H30O. The molecule has 0 amide bonds. The second-order valence-electron chi connectivity index (χ2n) is 7.44. The molecule has 3 rings (SSSR count). The highest BCUT2D eigenvalue weighted by Gasteiger charge is 2.41. The Labute approximate surface area is 112 Å². The topological polar surface area (TPSA) is 20.2 Å². The van der Waals surface area contributed by atoms with Crippen LogP contribution in [0, 0.1) is 29.6 Å². The second kappa shape index (κ2) is 5.53. The van der Waals surface area contributed by atoms with Crippen LogP contribution in [0.4, 0.5) is 0 Å². The summed E-state index contributed by atoms with van der Waals surface area (Å²) in [7, 11) is 0. The minimum atomic E-state index is 0.0173. The molecule has 3 saturated carbocycles. The normalized spacial score (nSPS) is 45.3. The monoisotopic (exact) mass is 250 g/mol. The molecule has 0 aromatic carbocycles. The lowest BCUT2D eigenvalue weighted by molar-refractivity contribution is 0.0406. The van der Waals surface area contributed by atoms with Gasteiger partial charge in [-0.3, -0.25) is 0 Å². The molecule has 1 N–H and O–H groups in total. The van der Waals surface area contributed by atoms with Crippen LogP contribution in [0.3, 0.4) is 0 Å². The van der Waals surface area contributed by atoms with E-state index in [1.54, 1.807) is 0 Å². The van der Waals surface area contributed by atoms with Crippen LogP contribution in [-0.4, -0.2) is 11.2 Å². The van der Waals surface area contributed by atoms with Gasteiger partial charge >= 0.3 is 0 Å². The number of hydrogen-bond donors (Lipinski definition) is 1. The summed E-state index contributed by atoms with van der Waals surface area (Å²) >= 11 is 0. The number of aliphatic hydroxyl groups is 1. The summed E-state index contributed by atoms with van der Waals surface area (Å²) in [5, 5.41) is 10.6. The molecule has 0 aromatic heterocycles. The highest BCUT2D eigenvalue weighted by atomic mass is 16.3. The highest BCUT2D eigenvalue weighted by Crippen LogP contribution is 2.50. The van der Waals surface area contributed by atoms with Gasteiger partial charge < -0.3 is 5.11 Å². The molecule has 104 valence electrons. The predicted octanol–water partition coefficient (Wildman–Crippen LogP) is 4.39. The Kier molecular flexibility index (Phi) is 3.98. The van der Waals surface area contributed by atoms with Crippen molar-refractivity contribution in [2.24, 2.45) is 29.6 Å². The zero-order valence-corrected chi connectivity index (χ0v) is 12.0. The Balaban J connectivity index is 1.50. The molecule has 2 bridgehead atoms. The van der Waals surface area contributed by atoms with E-state index in [1.165, 1.54) is 57.8 Å². The van der Waals surface area contributed by atoms with Gasteiger partial charge in [0.05, 0.1) is 6.10 Å². The molecule has 18 heavy (non-hydrogen) atoms. The minimum absolute atomic E-state index is 0.0173. The van der Waals surface area contributed by atoms with Crippen molar-refractivity contribution >= 4 is 0 Å². The van der Waals surface area contributed by atoms with Gasteiger partial charge in [-0.05, 0) is 68.1 Å². The SMILES string of the molecule is CCC1CCCC(C(O)CC2CC3CCC2C3)C1. The number of hydrogen-bond acceptors (Lipinski definition) is 1. The van der Waals surface area contributed by atoms with E-state index in [1.807, 2.05) is 0 Å². The zero-order chi connectivity index (χ0) is 12.5. The molecule has 3 aliphatic carbocycles. The van der Waals surface area contributed by atoms with Crippen molar-refractivity contribution in [2.45, 2.75) is 77.2 Å². The number of rotatable bonds is 4. The predicted molar refractivity (Wildman–Crippen MR) is 75.3 cm³/mol. The molecule has 6 unspecified atom stereocenters. The van der Waals surface area contributed by atoms with Crippen molar-refractivity contribution in [1.82, 2.24) is 0 Å². The standard InChI is InChI=1S/C17H30O/c1-2-12-4-3-5-15(8-12)17(18)11-16-10-13-6-7-14(16)9-13/h12-18H,2-11H2,1H3. The average molecular weight is 250 g/mol. The number of aliphatic hydroxyl groups excluding tert-OH is 1. The Morgan fingerprint density at radius 1 is 1.06 bits per heavy atom. The third-order valence-corrected chi connectivity index (χ3v) is 6.37. The van der Waals surface area contributed by atoms with Crippen LogP contribution >= 0.6 is 0 Å². The van der Waals surface area contributed by atoms with Crippen LogP contribution in [0.1, 0.15) is 71.1 Å². The fourth-order valence-corrected chi connectivity index (χ4v) is 5.22. The highest BCUT2D eigenvalue weighted by molar-refractivity contribution is 4.92. The molecule has 1 heteroatoms. The van der Waals surface area contributed by atoms with Crippen molar-refractivity contribution in [2.75, 3.05) is 0 Å². The zero-order valence-electron chi connectivity index (χ0n) is 12.0. The maximum atomic E-state index is 10.6. The average Bonchev–Trinajstić information content (AvgIpc) is 3.01. The van der Waals surface area contributed by atoms with Crippen molar-refractivity contribution in [3.8, 4) is 0 Å². The smallest absolute Gasteiger partial charge is 0.0571 e. The molecular weight excluding hydrogens is 220 g/mol. The summed E-state index contributed by atoms with van der Waals surface area (Å²) in [6.07, 6.45) is 13.7. The van der Waals surface area contributed by atoms with E-state index in [2.05, 4.69) is 6.92 Å². The fraction of sp³-hybridized carbons (Fsp3) is 1.00. The second-order valence-corrected chi connectivity index (χ2v) is 7.44. The molecule has 0 heterocycles. The van der Waals surface area contributed by atoms with Crippen molar-refractivity contribution < 1.29 is 5.11 Å². The van der Waals surface area contributed by atoms with Gasteiger partial charge in [-0.15, -0.1) is 0 Å². The first-order valence-corrected chi connectivity index (χ1v) is 8.44. The molecule has 6 atom stereocenters. The molecule has 0 spiro atoms. The van der Waals surface area contributed by atoms with Gasteiger partial charge in [0.1, 0.15) is 0 Å². The van der Waals surface area contributed by atoms with E-state index in [-0.39, 0.29) is 6.10 Å². The van der Waals surface area contributed by atoms with Gasteiger partial charge in [0, 0.05) is 0 Å². The lowest BCUT2D eigenvalue weighted by Gasteiger charge is -2.34. The van der Waals surface area contributed by atoms with E-state index in [4.69, 9.17) is 0 Å². The third-order valence-electron chi connectivity index (χ3n) is 6.37. The van der Waals surface area contributed by atoms with Gasteiger partial charge in [0.25, 0.3) is 0 Å². The van der Waals surface area contributed by atoms with E-state index in [0.29, 0.717) is 5.92 Å². The van der Waals surface area contributed by atoms with Crippen LogP contribution in [0.25, 0.3) is 0 Å². The molecule has 1 nitrogen and oxygen atoms in total. The maximum Gasteiger partial charge on any atom is 0.0571 e.